The number of allylic oxidation sites excluding steroid dienone is 3. The van der Waals surface area contributed by atoms with Crippen LogP contribution in [-0.2, 0) is 4.79 Å². The van der Waals surface area contributed by atoms with E-state index in [1.165, 1.54) is 134 Å². The molecule has 0 N–H and O–H groups in total. The Morgan fingerprint density at radius 2 is 1.32 bits per heavy atom. The summed E-state index contributed by atoms with van der Waals surface area (Å²) in [5.41, 5.74) is 4.76. The van der Waals surface area contributed by atoms with Crippen molar-refractivity contribution in [3.63, 3.8) is 0 Å². The highest BCUT2D eigenvalue weighted by Crippen LogP contribution is 2.77. The van der Waals surface area contributed by atoms with Crippen molar-refractivity contribution >= 4 is 5.78 Å². The summed E-state index contributed by atoms with van der Waals surface area (Å²) in [7, 11) is 0. The molecule has 5 aliphatic carbocycles. The van der Waals surface area contributed by atoms with E-state index in [1.54, 1.807) is 0 Å². The third-order valence-corrected chi connectivity index (χ3v) is 16.9. The van der Waals surface area contributed by atoms with Crippen LogP contribution in [0.1, 0.15) is 203 Å². The molecule has 9 unspecified atom stereocenters. The first kappa shape index (κ1) is 37.4. The molecule has 9 atom stereocenters. The molecule has 0 radical (unpaired) electrons. The molecule has 0 aliphatic heterocycles. The fraction of sp³-hybridized carbons (Fsp3) is 0.891. The van der Waals surface area contributed by atoms with Crippen LogP contribution in [0.15, 0.2) is 23.8 Å². The van der Waals surface area contributed by atoms with Crippen molar-refractivity contribution in [2.24, 2.45) is 56.7 Å². The molecule has 0 heterocycles. The van der Waals surface area contributed by atoms with Crippen molar-refractivity contribution in [2.45, 2.75) is 203 Å². The first-order chi connectivity index (χ1) is 22.3. The number of fused-ring (bicyclic) bond motifs is 7. The van der Waals surface area contributed by atoms with Crippen LogP contribution in [0.2, 0.25) is 0 Å². The van der Waals surface area contributed by atoms with Crippen molar-refractivity contribution in [3.8, 4) is 0 Å². The Hall–Kier alpha value is -0.850. The molecular weight excluding hydrogens is 569 g/mol. The SMILES string of the molecule is C=C(C)C1CCC2(C)C3=CCC4C5(C)CCC(C(=O)CCCCCCCCCCCCCCC)C(C)(C)C5CCC4(C)C3(C)CCC12. The molecule has 0 aromatic rings. The van der Waals surface area contributed by atoms with Gasteiger partial charge in [-0.05, 0) is 122 Å². The molecule has 0 bridgehead atoms. The molecular formula is C46H78O. The second kappa shape index (κ2) is 14.8. The number of carbonyl (C=O) groups excluding carboxylic acids is 1. The fourth-order valence-corrected chi connectivity index (χ4v) is 14.0. The average molecular weight is 647 g/mol. The van der Waals surface area contributed by atoms with Gasteiger partial charge in [0.05, 0.1) is 0 Å². The first-order valence-corrected chi connectivity index (χ1v) is 21.2. The van der Waals surface area contributed by atoms with Gasteiger partial charge in [0.15, 0.2) is 0 Å². The first-order valence-electron chi connectivity index (χ1n) is 21.2. The number of hydrogen-bond acceptors (Lipinski definition) is 1. The van der Waals surface area contributed by atoms with Gasteiger partial charge in [-0.1, -0.05) is 149 Å². The molecule has 1 nitrogen and oxygen atoms in total. The Balaban J connectivity index is 1.15. The van der Waals surface area contributed by atoms with Crippen LogP contribution in [0.25, 0.3) is 0 Å². The maximum Gasteiger partial charge on any atom is 0.136 e. The van der Waals surface area contributed by atoms with Gasteiger partial charge in [-0.3, -0.25) is 4.79 Å². The van der Waals surface area contributed by atoms with Gasteiger partial charge in [-0.25, -0.2) is 0 Å². The minimum atomic E-state index is 0.108. The molecule has 268 valence electrons. The predicted octanol–water partition coefficient (Wildman–Crippen LogP) is 14.3. The fourth-order valence-electron chi connectivity index (χ4n) is 14.0. The van der Waals surface area contributed by atoms with Crippen LogP contribution in [0.5, 0.6) is 0 Å². The minimum absolute atomic E-state index is 0.108. The van der Waals surface area contributed by atoms with Crippen LogP contribution >= 0.6 is 0 Å². The predicted molar refractivity (Wildman–Crippen MR) is 203 cm³/mol. The highest BCUT2D eigenvalue weighted by molar-refractivity contribution is 5.82. The number of ketones is 1. The number of unbranched alkanes of at least 4 members (excludes halogenated alkanes) is 12. The second-order valence-electron chi connectivity index (χ2n) is 19.7. The van der Waals surface area contributed by atoms with Gasteiger partial charge in [0.25, 0.3) is 0 Å². The maximum absolute atomic E-state index is 13.9. The largest absolute Gasteiger partial charge is 0.299 e. The van der Waals surface area contributed by atoms with E-state index >= 15 is 0 Å². The van der Waals surface area contributed by atoms with Crippen LogP contribution in [0, 0.1) is 56.7 Å². The normalized spacial score (nSPS) is 40.5. The van der Waals surface area contributed by atoms with Crippen LogP contribution in [0.3, 0.4) is 0 Å². The van der Waals surface area contributed by atoms with E-state index < -0.39 is 0 Å². The molecule has 0 aromatic carbocycles. The van der Waals surface area contributed by atoms with Crippen molar-refractivity contribution in [1.29, 1.82) is 0 Å². The Bertz CT molecular complexity index is 1130. The number of carbonyl (C=O) groups is 1. The highest BCUT2D eigenvalue weighted by Gasteiger charge is 2.69. The zero-order chi connectivity index (χ0) is 34.1. The van der Waals surface area contributed by atoms with Gasteiger partial charge in [-0.2, -0.15) is 0 Å². The molecule has 5 aliphatic rings. The Morgan fingerprint density at radius 1 is 0.723 bits per heavy atom. The lowest BCUT2D eigenvalue weighted by Gasteiger charge is -2.71. The van der Waals surface area contributed by atoms with E-state index in [0.717, 1.165) is 37.0 Å². The Kier molecular flexibility index (Phi) is 11.8. The van der Waals surface area contributed by atoms with E-state index in [4.69, 9.17) is 0 Å². The summed E-state index contributed by atoms with van der Waals surface area (Å²) in [6, 6.07) is 0. The van der Waals surface area contributed by atoms with E-state index in [9.17, 15) is 4.79 Å². The van der Waals surface area contributed by atoms with Crippen molar-refractivity contribution in [2.75, 3.05) is 0 Å². The van der Waals surface area contributed by atoms with Gasteiger partial charge in [0.2, 0.25) is 0 Å². The quantitative estimate of drug-likeness (QED) is 0.120. The lowest BCUT2D eigenvalue weighted by molar-refractivity contribution is -0.191. The molecule has 1 heteroatoms. The molecule has 0 spiro atoms. The van der Waals surface area contributed by atoms with E-state index in [0.29, 0.717) is 33.4 Å². The van der Waals surface area contributed by atoms with E-state index in [-0.39, 0.29) is 11.3 Å². The van der Waals surface area contributed by atoms with Gasteiger partial charge in [0.1, 0.15) is 5.78 Å². The highest BCUT2D eigenvalue weighted by atomic mass is 16.1. The smallest absolute Gasteiger partial charge is 0.136 e. The summed E-state index contributed by atoms with van der Waals surface area (Å²) in [6.07, 6.45) is 33.2. The molecule has 47 heavy (non-hydrogen) atoms. The molecule has 0 saturated heterocycles. The number of rotatable bonds is 16. The summed E-state index contributed by atoms with van der Waals surface area (Å²) < 4.78 is 0. The van der Waals surface area contributed by atoms with Crippen molar-refractivity contribution in [1.82, 2.24) is 0 Å². The minimum Gasteiger partial charge on any atom is -0.299 e. The lowest BCUT2D eigenvalue weighted by atomic mass is 9.33. The second-order valence-corrected chi connectivity index (χ2v) is 19.7. The summed E-state index contributed by atoms with van der Waals surface area (Å²) in [4.78, 5) is 13.9. The molecule has 4 fully saturated rings. The number of hydrogen-bond donors (Lipinski definition) is 0. The van der Waals surface area contributed by atoms with Gasteiger partial charge in [-0.15, -0.1) is 0 Å². The summed E-state index contributed by atoms with van der Waals surface area (Å²) in [5.74, 6) is 3.77. The zero-order valence-electron chi connectivity index (χ0n) is 32.8. The number of Topliss-reactive ketones (excluding diaryl/α,β-unsaturated/α-hetero) is 1. The average Bonchev–Trinajstić information content (AvgIpc) is 3.37. The van der Waals surface area contributed by atoms with Crippen LogP contribution in [-0.4, -0.2) is 5.78 Å². The van der Waals surface area contributed by atoms with Gasteiger partial charge in [0, 0.05) is 12.3 Å². The molecule has 0 aromatic heterocycles. The van der Waals surface area contributed by atoms with Crippen molar-refractivity contribution in [3.05, 3.63) is 23.8 Å². The summed E-state index contributed by atoms with van der Waals surface area (Å²) in [6.45, 7) is 24.9. The third kappa shape index (κ3) is 6.68. The standard InChI is InChI=1S/C46H78O/c1-10-11-12-13-14-15-16-17-18-19-20-21-22-23-38(47)37-27-31-44(7)39(42(37,4)5)29-33-46(9)41(44)25-24-40-43(6)30-26-35(34(2)3)36(43)28-32-45(40,46)8/h24,35-37,39,41H,2,10-23,25-33H2,1,3-9H3. The van der Waals surface area contributed by atoms with Gasteiger partial charge < -0.3 is 0 Å². The topological polar surface area (TPSA) is 17.1 Å². The van der Waals surface area contributed by atoms with Crippen LogP contribution < -0.4 is 0 Å². The summed E-state index contributed by atoms with van der Waals surface area (Å²) in [5, 5.41) is 0. The zero-order valence-corrected chi connectivity index (χ0v) is 32.8. The van der Waals surface area contributed by atoms with E-state index in [2.05, 4.69) is 68.0 Å². The third-order valence-electron chi connectivity index (χ3n) is 16.9. The lowest BCUT2D eigenvalue weighted by Crippen LogP contribution is -2.64. The molecule has 5 rings (SSSR count). The van der Waals surface area contributed by atoms with E-state index in [1.807, 2.05) is 5.57 Å². The maximum atomic E-state index is 13.9. The summed E-state index contributed by atoms with van der Waals surface area (Å²) >= 11 is 0. The Morgan fingerprint density at radius 3 is 1.91 bits per heavy atom. The van der Waals surface area contributed by atoms with Crippen molar-refractivity contribution < 1.29 is 4.79 Å². The molecule has 4 saturated carbocycles. The monoisotopic (exact) mass is 647 g/mol. The Labute approximate surface area is 293 Å². The van der Waals surface area contributed by atoms with Gasteiger partial charge >= 0.3 is 0 Å². The van der Waals surface area contributed by atoms with Crippen LogP contribution in [0.4, 0.5) is 0 Å². The molecule has 0 amide bonds.